The number of hydrogen-bond donors (Lipinski definition) is 0. The standard InChI is InChI=1S/C32H31N.C12H14.C7H8/c1-22-10-6-7-13-27(22)30-21-31(29-15-9-8-14-28(29)23(30)2)24-16-17-32-25(20-24)18-19-33(32)26-11-4-3-5-12-26;1-10-7-8-11-5-3-2-4-6-12(11)9-10;1-7-5-3-2-4-6-7/h3-5,7-9,11-15,17-21,24,29,31H,6,10,16H2,1-2H3;4,6-9H,2-3,5H2,1H3;2-6H,1H3. The average Bonchev–Trinajstić information content (AvgIpc) is 3.47. The van der Waals surface area contributed by atoms with E-state index in [0.29, 0.717) is 17.8 Å². The van der Waals surface area contributed by atoms with Crippen LogP contribution in [0.5, 0.6) is 0 Å². The van der Waals surface area contributed by atoms with Gasteiger partial charge in [-0.2, -0.15) is 0 Å². The molecule has 1 aromatic heterocycles. The molecule has 0 saturated heterocycles. The van der Waals surface area contributed by atoms with Crippen molar-refractivity contribution in [2.45, 2.75) is 66.2 Å². The minimum absolute atomic E-state index is 0.458. The normalized spacial score (nSPS) is 21.2. The molecule has 3 aromatic carbocycles. The van der Waals surface area contributed by atoms with E-state index in [4.69, 9.17) is 0 Å². The van der Waals surface area contributed by atoms with Crippen molar-refractivity contribution < 1.29 is 0 Å². The van der Waals surface area contributed by atoms with Gasteiger partial charge in [-0.25, -0.2) is 0 Å². The second kappa shape index (κ2) is 16.5. The van der Waals surface area contributed by atoms with Gasteiger partial charge >= 0.3 is 0 Å². The quantitative estimate of drug-likeness (QED) is 0.203. The molecule has 0 aliphatic heterocycles. The van der Waals surface area contributed by atoms with E-state index in [-0.39, 0.29) is 0 Å². The molecule has 0 N–H and O–H groups in total. The van der Waals surface area contributed by atoms with Gasteiger partial charge in [0.25, 0.3) is 0 Å². The van der Waals surface area contributed by atoms with Crippen molar-refractivity contribution in [3.63, 3.8) is 0 Å². The van der Waals surface area contributed by atoms with Gasteiger partial charge in [0.2, 0.25) is 0 Å². The molecule has 3 atom stereocenters. The van der Waals surface area contributed by atoms with Gasteiger partial charge in [0.05, 0.1) is 0 Å². The largest absolute Gasteiger partial charge is 0.317 e. The summed E-state index contributed by atoms with van der Waals surface area (Å²) in [4.78, 5) is 0. The first-order valence-electron chi connectivity index (χ1n) is 19.3. The van der Waals surface area contributed by atoms with Crippen molar-refractivity contribution in [3.05, 3.63) is 200 Å². The molecule has 0 bridgehead atoms. The molecule has 3 unspecified atom stereocenters. The van der Waals surface area contributed by atoms with Gasteiger partial charge in [0, 0.05) is 23.2 Å². The summed E-state index contributed by atoms with van der Waals surface area (Å²) in [7, 11) is 0. The Hall–Kier alpha value is -5.14. The van der Waals surface area contributed by atoms with Gasteiger partial charge < -0.3 is 4.57 Å². The number of hydrogen-bond acceptors (Lipinski definition) is 0. The number of para-hydroxylation sites is 1. The van der Waals surface area contributed by atoms with Gasteiger partial charge in [0.1, 0.15) is 0 Å². The maximum absolute atomic E-state index is 2.61. The van der Waals surface area contributed by atoms with Crippen LogP contribution < -0.4 is 10.6 Å². The molecule has 0 amide bonds. The molecule has 0 saturated carbocycles. The predicted octanol–water partition coefficient (Wildman–Crippen LogP) is 11.7. The molecule has 5 aliphatic carbocycles. The summed E-state index contributed by atoms with van der Waals surface area (Å²) in [6.07, 6.45) is 35.5. The van der Waals surface area contributed by atoms with Crippen LogP contribution in [0, 0.1) is 31.6 Å². The summed E-state index contributed by atoms with van der Waals surface area (Å²) in [5.41, 5.74) is 14.2. The van der Waals surface area contributed by atoms with Gasteiger partial charge in [-0.3, -0.25) is 0 Å². The number of fused-ring (bicyclic) bond motifs is 3. The van der Waals surface area contributed by atoms with Gasteiger partial charge in [-0.1, -0.05) is 150 Å². The Morgan fingerprint density at radius 1 is 0.692 bits per heavy atom. The fraction of sp³-hybridized carbons (Fsp3) is 0.255. The van der Waals surface area contributed by atoms with Crippen LogP contribution in [-0.4, -0.2) is 4.57 Å². The molecular formula is C51H53N. The fourth-order valence-electron chi connectivity index (χ4n) is 8.32. The van der Waals surface area contributed by atoms with Crippen LogP contribution in [0.3, 0.4) is 0 Å². The van der Waals surface area contributed by atoms with E-state index < -0.39 is 0 Å². The maximum atomic E-state index is 2.61. The molecule has 0 fully saturated rings. The topological polar surface area (TPSA) is 4.93 Å². The summed E-state index contributed by atoms with van der Waals surface area (Å²) in [6.45, 7) is 8.87. The molecule has 52 heavy (non-hydrogen) atoms. The highest BCUT2D eigenvalue weighted by atomic mass is 15.0. The van der Waals surface area contributed by atoms with Crippen LogP contribution in [0.2, 0.25) is 0 Å². The molecule has 0 radical (unpaired) electrons. The van der Waals surface area contributed by atoms with E-state index >= 15 is 0 Å². The van der Waals surface area contributed by atoms with Gasteiger partial charge in [-0.15, -0.1) is 0 Å². The summed E-state index contributed by atoms with van der Waals surface area (Å²) in [5, 5.41) is 2.69. The number of benzene rings is 3. The Labute approximate surface area is 311 Å². The number of nitrogens with zero attached hydrogens (tertiary/aromatic N) is 1. The van der Waals surface area contributed by atoms with Crippen molar-refractivity contribution in [2.75, 3.05) is 0 Å². The molecule has 5 aliphatic rings. The summed E-state index contributed by atoms with van der Waals surface area (Å²) in [6, 6.07) is 30.0. The van der Waals surface area contributed by atoms with Crippen molar-refractivity contribution in [1.29, 1.82) is 0 Å². The number of aryl methyl sites for hydroxylation is 3. The highest BCUT2D eigenvalue weighted by molar-refractivity contribution is 5.62. The summed E-state index contributed by atoms with van der Waals surface area (Å²) in [5.74, 6) is 1.43. The van der Waals surface area contributed by atoms with E-state index in [1.165, 1.54) is 98.5 Å². The average molecular weight is 680 g/mol. The third-order valence-electron chi connectivity index (χ3n) is 11.2. The van der Waals surface area contributed by atoms with Crippen LogP contribution >= 0.6 is 0 Å². The van der Waals surface area contributed by atoms with E-state index in [1.807, 2.05) is 18.2 Å². The van der Waals surface area contributed by atoms with Crippen molar-refractivity contribution in [2.24, 2.45) is 17.8 Å². The number of rotatable bonds is 3. The van der Waals surface area contributed by atoms with Crippen LogP contribution in [0.15, 0.2) is 168 Å². The lowest BCUT2D eigenvalue weighted by molar-refractivity contribution is 0.424. The molecule has 262 valence electrons. The third kappa shape index (κ3) is 8.00. The molecular weight excluding hydrogens is 627 g/mol. The first kappa shape index (κ1) is 35.3. The van der Waals surface area contributed by atoms with Crippen molar-refractivity contribution >= 4 is 18.2 Å². The smallest absolute Gasteiger partial charge is 0.0485 e. The Bertz CT molecular complexity index is 2230. The maximum Gasteiger partial charge on any atom is 0.0485 e. The molecule has 0 spiro atoms. The fourth-order valence-corrected chi connectivity index (χ4v) is 8.32. The van der Waals surface area contributed by atoms with Crippen LogP contribution in [0.1, 0.15) is 68.2 Å². The van der Waals surface area contributed by atoms with E-state index in [0.717, 1.165) is 6.42 Å². The zero-order chi connectivity index (χ0) is 35.9. The van der Waals surface area contributed by atoms with Gasteiger partial charge in [0.15, 0.2) is 0 Å². The predicted molar refractivity (Wildman–Crippen MR) is 224 cm³/mol. The summed E-state index contributed by atoms with van der Waals surface area (Å²) < 4.78 is 2.32. The zero-order valence-electron chi connectivity index (χ0n) is 31.4. The van der Waals surface area contributed by atoms with Crippen LogP contribution in [-0.2, 0) is 6.42 Å². The van der Waals surface area contributed by atoms with Crippen LogP contribution in [0.25, 0.3) is 23.9 Å². The molecule has 4 aromatic rings. The Balaban J connectivity index is 0.000000180. The van der Waals surface area contributed by atoms with E-state index in [9.17, 15) is 0 Å². The molecule has 9 rings (SSSR count). The number of allylic oxidation sites excluding steroid dienone is 13. The minimum Gasteiger partial charge on any atom is -0.317 e. The first-order chi connectivity index (χ1) is 25.5. The van der Waals surface area contributed by atoms with Gasteiger partial charge in [-0.05, 0) is 135 Å². The lowest BCUT2D eigenvalue weighted by Crippen LogP contribution is -2.35. The number of aromatic nitrogens is 1. The lowest BCUT2D eigenvalue weighted by atomic mass is 9.67. The van der Waals surface area contributed by atoms with Crippen molar-refractivity contribution in [1.82, 2.24) is 4.57 Å². The van der Waals surface area contributed by atoms with E-state index in [1.54, 1.807) is 0 Å². The Kier molecular flexibility index (Phi) is 11.2. The SMILES string of the molecule is CC1=C(C2=CC(C3C=c4ccn(-c5ccccc5)c4=CC3)C3C=CC=CC3=C2C)C=CCC1.Cc1ccc2c(c1)C=CCCC2.Cc1ccccc1. The lowest BCUT2D eigenvalue weighted by Gasteiger charge is -2.37. The Morgan fingerprint density at radius 2 is 1.48 bits per heavy atom. The highest BCUT2D eigenvalue weighted by Gasteiger charge is 2.34. The zero-order valence-corrected chi connectivity index (χ0v) is 31.4. The van der Waals surface area contributed by atoms with E-state index in [2.05, 4.69) is 172 Å². The second-order valence-corrected chi connectivity index (χ2v) is 14.9. The second-order valence-electron chi connectivity index (χ2n) is 14.9. The highest BCUT2D eigenvalue weighted by Crippen LogP contribution is 2.45. The minimum atomic E-state index is 0.458. The Morgan fingerprint density at radius 3 is 2.25 bits per heavy atom. The molecule has 1 heteroatoms. The van der Waals surface area contributed by atoms with Crippen molar-refractivity contribution in [3.8, 4) is 5.69 Å². The molecule has 1 nitrogen and oxygen atoms in total. The van der Waals surface area contributed by atoms with Crippen LogP contribution in [0.4, 0.5) is 0 Å². The monoisotopic (exact) mass is 679 g/mol. The first-order valence-corrected chi connectivity index (χ1v) is 19.3. The summed E-state index contributed by atoms with van der Waals surface area (Å²) >= 11 is 0. The molecule has 1 heterocycles. The third-order valence-corrected chi connectivity index (χ3v) is 11.2.